The third kappa shape index (κ3) is 4.04. The number of thiazole rings is 1. The molecule has 1 heterocycles. The van der Waals surface area contributed by atoms with Crippen LogP contribution in [0, 0.1) is 12.7 Å². The van der Waals surface area contributed by atoms with Gasteiger partial charge in [0.2, 0.25) is 5.91 Å². The number of carbonyl (C=O) groups is 2. The lowest BCUT2D eigenvalue weighted by molar-refractivity contribution is -0.117. The van der Waals surface area contributed by atoms with E-state index in [1.165, 1.54) is 35.6 Å². The zero-order valence-corrected chi connectivity index (χ0v) is 17.3. The Morgan fingerprint density at radius 3 is 2.63 bits per heavy atom. The molecule has 0 radical (unpaired) electrons. The highest BCUT2D eigenvalue weighted by Gasteiger charge is 2.33. The highest BCUT2D eigenvalue weighted by molar-refractivity contribution is 7.16. The van der Waals surface area contributed by atoms with Crippen LogP contribution in [0.15, 0.2) is 42.5 Å². The van der Waals surface area contributed by atoms with Gasteiger partial charge in [0.15, 0.2) is 5.13 Å². The summed E-state index contributed by atoms with van der Waals surface area (Å²) in [5, 5.41) is 6.12. The van der Waals surface area contributed by atoms with E-state index in [-0.39, 0.29) is 17.7 Å². The van der Waals surface area contributed by atoms with Crippen LogP contribution >= 0.6 is 11.3 Å². The number of aryl methyl sites for hydroxylation is 2. The van der Waals surface area contributed by atoms with Crippen molar-refractivity contribution >= 4 is 34.0 Å². The minimum atomic E-state index is -0.402. The smallest absolute Gasteiger partial charge is 0.257 e. The van der Waals surface area contributed by atoms with E-state index in [4.69, 9.17) is 4.74 Å². The SMILES string of the molecule is COc1ccc(NC(=O)C2CCc3sc(NC(=O)c4ccc(F)cc4)nc32)cc1C. The quantitative estimate of drug-likeness (QED) is 0.630. The van der Waals surface area contributed by atoms with Gasteiger partial charge in [0.1, 0.15) is 11.6 Å². The van der Waals surface area contributed by atoms with Crippen LogP contribution in [0.1, 0.15) is 38.8 Å². The Morgan fingerprint density at radius 2 is 1.93 bits per heavy atom. The number of amides is 2. The van der Waals surface area contributed by atoms with Crippen molar-refractivity contribution in [3.05, 3.63) is 70.0 Å². The molecule has 1 atom stereocenters. The molecule has 30 heavy (non-hydrogen) atoms. The average Bonchev–Trinajstić information content (AvgIpc) is 3.28. The number of nitrogens with zero attached hydrogens (tertiary/aromatic N) is 1. The maximum absolute atomic E-state index is 13.0. The summed E-state index contributed by atoms with van der Waals surface area (Å²) in [5.74, 6) is -0.495. The number of nitrogens with one attached hydrogen (secondary N) is 2. The van der Waals surface area contributed by atoms with Crippen LogP contribution in [0.3, 0.4) is 0 Å². The maximum atomic E-state index is 13.0. The molecule has 0 spiro atoms. The average molecular weight is 425 g/mol. The van der Waals surface area contributed by atoms with Crippen LogP contribution in [0.5, 0.6) is 5.75 Å². The van der Waals surface area contributed by atoms with Gasteiger partial charge in [-0.05, 0) is 67.8 Å². The number of fused-ring (bicyclic) bond motifs is 1. The van der Waals surface area contributed by atoms with Crippen molar-refractivity contribution in [1.29, 1.82) is 0 Å². The first-order valence-corrected chi connectivity index (χ1v) is 10.3. The molecule has 6 nitrogen and oxygen atoms in total. The van der Waals surface area contributed by atoms with Crippen molar-refractivity contribution in [2.75, 3.05) is 17.7 Å². The lowest BCUT2D eigenvalue weighted by Gasteiger charge is -2.12. The molecule has 8 heteroatoms. The van der Waals surface area contributed by atoms with Crippen molar-refractivity contribution in [2.45, 2.75) is 25.7 Å². The molecule has 4 rings (SSSR count). The highest BCUT2D eigenvalue weighted by Crippen LogP contribution is 2.39. The van der Waals surface area contributed by atoms with Gasteiger partial charge in [-0.25, -0.2) is 9.37 Å². The fourth-order valence-corrected chi connectivity index (χ4v) is 4.53. The maximum Gasteiger partial charge on any atom is 0.257 e. The number of hydrogen-bond acceptors (Lipinski definition) is 5. The molecule has 3 aromatic rings. The van der Waals surface area contributed by atoms with Crippen molar-refractivity contribution in [3.63, 3.8) is 0 Å². The molecule has 2 amide bonds. The van der Waals surface area contributed by atoms with Gasteiger partial charge in [-0.15, -0.1) is 11.3 Å². The van der Waals surface area contributed by atoms with Crippen molar-refractivity contribution < 1.29 is 18.7 Å². The fourth-order valence-electron chi connectivity index (χ4n) is 3.49. The van der Waals surface area contributed by atoms with E-state index >= 15 is 0 Å². The minimum Gasteiger partial charge on any atom is -0.496 e. The molecule has 0 saturated heterocycles. The van der Waals surface area contributed by atoms with E-state index in [9.17, 15) is 14.0 Å². The van der Waals surface area contributed by atoms with Crippen LogP contribution in [-0.2, 0) is 11.2 Å². The van der Waals surface area contributed by atoms with Gasteiger partial charge in [-0.3, -0.25) is 14.9 Å². The minimum absolute atomic E-state index is 0.125. The molecule has 1 aromatic heterocycles. The summed E-state index contributed by atoms with van der Waals surface area (Å²) in [6.45, 7) is 1.92. The molecule has 1 unspecified atom stereocenters. The second-order valence-electron chi connectivity index (χ2n) is 7.05. The number of methoxy groups -OCH3 is 1. The fraction of sp³-hybridized carbons (Fsp3) is 0.227. The lowest BCUT2D eigenvalue weighted by Crippen LogP contribution is -2.20. The summed E-state index contributed by atoms with van der Waals surface area (Å²) >= 11 is 1.37. The number of aromatic nitrogens is 1. The van der Waals surface area contributed by atoms with Gasteiger partial charge in [0.05, 0.1) is 18.7 Å². The summed E-state index contributed by atoms with van der Waals surface area (Å²) in [5.41, 5.74) is 2.68. The Morgan fingerprint density at radius 1 is 1.17 bits per heavy atom. The third-order valence-corrected chi connectivity index (χ3v) is 6.07. The summed E-state index contributed by atoms with van der Waals surface area (Å²) in [4.78, 5) is 30.7. The second kappa shape index (κ2) is 8.23. The van der Waals surface area contributed by atoms with E-state index in [1.54, 1.807) is 13.2 Å². The van der Waals surface area contributed by atoms with Crippen LogP contribution in [-0.4, -0.2) is 23.9 Å². The number of hydrogen-bond donors (Lipinski definition) is 2. The Hall–Kier alpha value is -3.26. The van der Waals surface area contributed by atoms with Gasteiger partial charge in [0.25, 0.3) is 5.91 Å². The Balaban J connectivity index is 1.45. The zero-order chi connectivity index (χ0) is 21.3. The molecule has 0 saturated carbocycles. The van der Waals surface area contributed by atoms with E-state index in [2.05, 4.69) is 15.6 Å². The van der Waals surface area contributed by atoms with Crippen molar-refractivity contribution in [3.8, 4) is 5.75 Å². The van der Waals surface area contributed by atoms with E-state index in [1.807, 2.05) is 19.1 Å². The molecule has 0 fully saturated rings. The first kappa shape index (κ1) is 20.0. The van der Waals surface area contributed by atoms with Crippen LogP contribution < -0.4 is 15.4 Å². The lowest BCUT2D eigenvalue weighted by atomic mass is 10.1. The van der Waals surface area contributed by atoms with Crippen LogP contribution in [0.2, 0.25) is 0 Å². The first-order valence-electron chi connectivity index (χ1n) is 9.46. The summed E-state index contributed by atoms with van der Waals surface area (Å²) in [7, 11) is 1.61. The first-order chi connectivity index (χ1) is 14.4. The molecule has 2 N–H and O–H groups in total. The second-order valence-corrected chi connectivity index (χ2v) is 8.14. The standard InChI is InChI=1S/C22H20FN3O3S/c1-12-11-15(7-9-17(12)29-2)24-21(28)16-8-10-18-19(16)25-22(30-18)26-20(27)13-3-5-14(23)6-4-13/h3-7,9,11,16H,8,10H2,1-2H3,(H,24,28)(H,25,26,27). The number of ether oxygens (including phenoxy) is 1. The van der Waals surface area contributed by atoms with Gasteiger partial charge in [-0.1, -0.05) is 0 Å². The molecule has 0 bridgehead atoms. The largest absolute Gasteiger partial charge is 0.496 e. The zero-order valence-electron chi connectivity index (χ0n) is 16.5. The van der Waals surface area contributed by atoms with Crippen LogP contribution in [0.4, 0.5) is 15.2 Å². The normalized spacial score (nSPS) is 14.8. The van der Waals surface area contributed by atoms with E-state index in [0.717, 1.165) is 22.6 Å². The Kier molecular flexibility index (Phi) is 5.50. The molecule has 154 valence electrons. The third-order valence-electron chi connectivity index (χ3n) is 5.02. The molecular formula is C22H20FN3O3S. The van der Waals surface area contributed by atoms with Crippen LogP contribution in [0.25, 0.3) is 0 Å². The Bertz CT molecular complexity index is 1110. The van der Waals surface area contributed by atoms with Gasteiger partial charge in [-0.2, -0.15) is 0 Å². The van der Waals surface area contributed by atoms with Gasteiger partial charge in [0, 0.05) is 16.1 Å². The van der Waals surface area contributed by atoms with Crippen molar-refractivity contribution in [2.24, 2.45) is 0 Å². The summed E-state index contributed by atoms with van der Waals surface area (Å²) < 4.78 is 18.3. The van der Waals surface area contributed by atoms with Gasteiger partial charge >= 0.3 is 0 Å². The molecule has 0 aliphatic heterocycles. The highest BCUT2D eigenvalue weighted by atomic mass is 32.1. The number of carbonyl (C=O) groups excluding carboxylic acids is 2. The monoisotopic (exact) mass is 425 g/mol. The van der Waals surface area contributed by atoms with Gasteiger partial charge < -0.3 is 10.1 Å². The number of rotatable bonds is 5. The van der Waals surface area contributed by atoms with E-state index in [0.29, 0.717) is 28.5 Å². The molecule has 2 aromatic carbocycles. The predicted molar refractivity (Wildman–Crippen MR) is 114 cm³/mol. The van der Waals surface area contributed by atoms with E-state index < -0.39 is 5.82 Å². The predicted octanol–water partition coefficient (Wildman–Crippen LogP) is 4.52. The molecule has 1 aliphatic carbocycles. The number of benzene rings is 2. The number of anilines is 2. The summed E-state index contributed by atoms with van der Waals surface area (Å²) in [6.07, 6.45) is 1.42. The topological polar surface area (TPSA) is 80.3 Å². The summed E-state index contributed by atoms with van der Waals surface area (Å²) in [6, 6.07) is 10.8. The molecular weight excluding hydrogens is 405 g/mol. The van der Waals surface area contributed by atoms with Crippen molar-refractivity contribution in [1.82, 2.24) is 4.98 Å². The number of halogens is 1. The molecule has 1 aliphatic rings. The Labute approximate surface area is 177 Å².